The average molecular weight is 458 g/mol. The van der Waals surface area contributed by atoms with Gasteiger partial charge >= 0.3 is 11.9 Å². The number of hydrogen-bond donors (Lipinski definition) is 3. The quantitative estimate of drug-likeness (QED) is 0.492. The minimum atomic E-state index is -0.896. The van der Waals surface area contributed by atoms with E-state index in [0.717, 1.165) is 17.7 Å². The minimum absolute atomic E-state index is 0.0740. The van der Waals surface area contributed by atoms with Crippen molar-refractivity contribution in [3.63, 3.8) is 0 Å². The number of aliphatic hydroxyl groups excluding tert-OH is 1. The first-order valence-corrected chi connectivity index (χ1v) is 11.6. The van der Waals surface area contributed by atoms with Crippen molar-refractivity contribution >= 4 is 11.9 Å². The monoisotopic (exact) mass is 457 g/mol. The molecule has 1 saturated heterocycles. The van der Waals surface area contributed by atoms with E-state index in [4.69, 9.17) is 25.7 Å². The van der Waals surface area contributed by atoms with Gasteiger partial charge in [-0.1, -0.05) is 12.1 Å². The number of likely N-dealkylation sites (N-methyl/N-ethyl adjacent to an activating group) is 1. The highest BCUT2D eigenvalue weighted by atomic mass is 16.6. The highest BCUT2D eigenvalue weighted by molar-refractivity contribution is 5.73. The Kier molecular flexibility index (Phi) is 5.48. The highest BCUT2D eigenvalue weighted by Crippen LogP contribution is 2.65. The van der Waals surface area contributed by atoms with Crippen LogP contribution in [-0.4, -0.2) is 66.4 Å². The van der Waals surface area contributed by atoms with Crippen LogP contribution in [0.3, 0.4) is 0 Å². The number of nitrogens with zero attached hydrogens (tertiary/aromatic N) is 1. The van der Waals surface area contributed by atoms with Gasteiger partial charge in [-0.05, 0) is 38.1 Å². The molecule has 5 rings (SSSR count). The van der Waals surface area contributed by atoms with E-state index in [1.807, 2.05) is 18.2 Å². The van der Waals surface area contributed by atoms with Crippen LogP contribution in [0.2, 0.25) is 0 Å². The fourth-order valence-corrected chi connectivity index (χ4v) is 6.47. The molecule has 9 heteroatoms. The van der Waals surface area contributed by atoms with E-state index in [-0.39, 0.29) is 44.5 Å². The number of piperidine rings is 1. The number of nitrogens with two attached hydrogens (primary N) is 2. The normalized spacial score (nSPS) is 31.3. The summed E-state index contributed by atoms with van der Waals surface area (Å²) in [5, 5.41) is 10.0. The van der Waals surface area contributed by atoms with Crippen molar-refractivity contribution in [2.75, 3.05) is 26.7 Å². The molecule has 0 aromatic heterocycles. The third-order valence-electron chi connectivity index (χ3n) is 7.81. The number of ether oxygens (including phenoxy) is 3. The highest BCUT2D eigenvalue weighted by Gasteiger charge is 2.74. The Balaban J connectivity index is 1.71. The van der Waals surface area contributed by atoms with Gasteiger partial charge in [0.05, 0.1) is 30.9 Å². The van der Waals surface area contributed by atoms with Crippen molar-refractivity contribution in [3.8, 4) is 5.75 Å². The molecule has 1 fully saturated rings. The summed E-state index contributed by atoms with van der Waals surface area (Å²) in [6.07, 6.45) is 3.14. The van der Waals surface area contributed by atoms with Gasteiger partial charge in [0.2, 0.25) is 0 Å². The minimum Gasteiger partial charge on any atom is -0.481 e. The van der Waals surface area contributed by atoms with Gasteiger partial charge in [-0.3, -0.25) is 14.5 Å². The molecule has 1 spiro atoms. The molecule has 2 aliphatic heterocycles. The Labute approximate surface area is 192 Å². The second-order valence-corrected chi connectivity index (χ2v) is 9.39. The molecule has 0 saturated carbocycles. The van der Waals surface area contributed by atoms with Crippen LogP contribution >= 0.6 is 0 Å². The zero-order valence-electron chi connectivity index (χ0n) is 18.8. The van der Waals surface area contributed by atoms with Gasteiger partial charge in [0.15, 0.2) is 6.10 Å². The van der Waals surface area contributed by atoms with Gasteiger partial charge in [0.1, 0.15) is 17.1 Å². The number of esters is 2. The van der Waals surface area contributed by atoms with E-state index < -0.39 is 23.1 Å². The molecule has 9 nitrogen and oxygen atoms in total. The smallest absolute Gasteiger partial charge is 0.312 e. The largest absolute Gasteiger partial charge is 0.481 e. The summed E-state index contributed by atoms with van der Waals surface area (Å²) in [6.45, 7) is 0.986. The van der Waals surface area contributed by atoms with Crippen LogP contribution in [0, 0.1) is 0 Å². The number of hydrogen-bond acceptors (Lipinski definition) is 9. The molecular weight excluding hydrogens is 426 g/mol. The van der Waals surface area contributed by atoms with Gasteiger partial charge < -0.3 is 30.8 Å². The first kappa shape index (κ1) is 22.3. The molecule has 178 valence electrons. The fourth-order valence-electron chi connectivity index (χ4n) is 6.47. The molecule has 2 heterocycles. The van der Waals surface area contributed by atoms with Crippen molar-refractivity contribution in [2.45, 2.75) is 61.9 Å². The number of aliphatic hydroxyl groups is 1. The summed E-state index contributed by atoms with van der Waals surface area (Å²) in [5.74, 6) is 0.276. The second-order valence-electron chi connectivity index (χ2n) is 9.39. The van der Waals surface area contributed by atoms with Crippen LogP contribution in [-0.2, 0) is 37.5 Å². The van der Waals surface area contributed by atoms with E-state index in [0.29, 0.717) is 36.3 Å². The van der Waals surface area contributed by atoms with Crippen molar-refractivity contribution in [1.82, 2.24) is 4.90 Å². The second kappa shape index (κ2) is 8.09. The van der Waals surface area contributed by atoms with Crippen molar-refractivity contribution in [3.05, 3.63) is 40.7 Å². The molecule has 4 aliphatic rings. The first-order valence-electron chi connectivity index (χ1n) is 11.6. The van der Waals surface area contributed by atoms with E-state index in [1.165, 1.54) is 0 Å². The summed E-state index contributed by atoms with van der Waals surface area (Å²) in [7, 11) is 2.05. The zero-order valence-corrected chi connectivity index (χ0v) is 18.8. The predicted octanol–water partition coefficient (Wildman–Crippen LogP) is 0.248. The lowest BCUT2D eigenvalue weighted by Crippen LogP contribution is -2.75. The van der Waals surface area contributed by atoms with E-state index in [1.54, 1.807) is 0 Å². The van der Waals surface area contributed by atoms with Crippen LogP contribution in [0.25, 0.3) is 0 Å². The lowest BCUT2D eigenvalue weighted by atomic mass is 9.50. The molecule has 33 heavy (non-hydrogen) atoms. The lowest BCUT2D eigenvalue weighted by molar-refractivity contribution is -0.206. The Morgan fingerprint density at radius 2 is 2.00 bits per heavy atom. The van der Waals surface area contributed by atoms with Gasteiger partial charge in [0, 0.05) is 30.6 Å². The topological polar surface area (TPSA) is 137 Å². The van der Waals surface area contributed by atoms with Crippen LogP contribution in [0.1, 0.15) is 42.4 Å². The zero-order chi connectivity index (χ0) is 23.4. The van der Waals surface area contributed by atoms with Crippen molar-refractivity contribution < 1.29 is 28.9 Å². The maximum atomic E-state index is 12.9. The molecule has 0 unspecified atom stereocenters. The molecule has 0 amide bonds. The third-order valence-corrected chi connectivity index (χ3v) is 7.81. The average Bonchev–Trinajstić information content (AvgIpc) is 3.14. The first-order chi connectivity index (χ1) is 15.9. The number of carbonyl (C=O) groups excluding carboxylic acids is 2. The fraction of sp³-hybridized carbons (Fsp3) is 0.583. The molecule has 5 N–H and O–H groups in total. The standard InChI is InChI=1S/C24H31N3O6/c1-27-11-8-23-20-14-2-3-15(13-28)21(20)32-22(23)16(31-18(29)5-9-25)4-7-24(23,17(27)12-14)33-19(30)6-10-26/h2-4,17,22,28H,5-13,25-26H2,1H3/t17-,22+,23+,24-/m1/s1. The molecule has 1 aromatic rings. The van der Waals surface area contributed by atoms with Crippen LogP contribution < -0.4 is 16.2 Å². The number of benzene rings is 1. The molecule has 1 aromatic carbocycles. The Morgan fingerprint density at radius 1 is 1.24 bits per heavy atom. The van der Waals surface area contributed by atoms with Gasteiger partial charge in [-0.2, -0.15) is 0 Å². The van der Waals surface area contributed by atoms with Gasteiger partial charge in [-0.15, -0.1) is 0 Å². The van der Waals surface area contributed by atoms with E-state index in [9.17, 15) is 14.7 Å². The number of likely N-dealkylation sites (tertiary alicyclic amines) is 1. The lowest BCUT2D eigenvalue weighted by Gasteiger charge is -2.62. The Hall–Kier alpha value is -2.46. The van der Waals surface area contributed by atoms with Crippen molar-refractivity contribution in [2.24, 2.45) is 11.5 Å². The summed E-state index contributed by atoms with van der Waals surface area (Å²) in [4.78, 5) is 27.5. The molecular formula is C24H31N3O6. The molecule has 4 atom stereocenters. The molecule has 2 aliphatic carbocycles. The SMILES string of the molecule is CN1CC[C@]23c4c5ccc(CO)c4O[C@H]2C(OC(=O)CCN)=CC[C@@]3(OC(=O)CCN)[C@H]1C5. The number of rotatable bonds is 7. The number of carbonyl (C=O) groups is 2. The molecule has 0 radical (unpaired) electrons. The maximum absolute atomic E-state index is 12.9. The summed E-state index contributed by atoms with van der Waals surface area (Å²) < 4.78 is 18.7. The Bertz CT molecular complexity index is 1030. The summed E-state index contributed by atoms with van der Waals surface area (Å²) in [6, 6.07) is 3.85. The summed E-state index contributed by atoms with van der Waals surface area (Å²) >= 11 is 0. The van der Waals surface area contributed by atoms with E-state index in [2.05, 4.69) is 11.9 Å². The van der Waals surface area contributed by atoms with E-state index >= 15 is 0 Å². The van der Waals surface area contributed by atoms with Gasteiger partial charge in [0.25, 0.3) is 0 Å². The maximum Gasteiger partial charge on any atom is 0.312 e. The summed E-state index contributed by atoms with van der Waals surface area (Å²) in [5.41, 5.74) is 12.3. The van der Waals surface area contributed by atoms with Crippen LogP contribution in [0.4, 0.5) is 0 Å². The van der Waals surface area contributed by atoms with Crippen molar-refractivity contribution in [1.29, 1.82) is 0 Å². The molecule has 2 bridgehead atoms. The third kappa shape index (κ3) is 2.99. The Morgan fingerprint density at radius 3 is 2.73 bits per heavy atom. The van der Waals surface area contributed by atoms with Crippen LogP contribution in [0.15, 0.2) is 24.0 Å². The predicted molar refractivity (Wildman–Crippen MR) is 118 cm³/mol. The van der Waals surface area contributed by atoms with Crippen LogP contribution in [0.5, 0.6) is 5.75 Å². The van der Waals surface area contributed by atoms with Gasteiger partial charge in [-0.25, -0.2) is 0 Å².